The highest BCUT2D eigenvalue weighted by Gasteiger charge is 2.11. The first-order chi connectivity index (χ1) is 42.1. The summed E-state index contributed by atoms with van der Waals surface area (Å²) in [7, 11) is 14.5. The maximum Gasteiger partial charge on any atom is 0.267 e. The molecule has 28 nitrogen and oxygen atoms in total. The number of pyridine rings is 2. The zero-order chi connectivity index (χ0) is 62.6. The molecule has 4 aromatic carbocycles. The van der Waals surface area contributed by atoms with Crippen LogP contribution in [0.4, 0.5) is 0 Å². The SMILES string of the molecule is CN1N=CCC1=O.CN1N=NCC1=O.Cc1ccncc1.Cc1cnc2ccccc2c1.Cc1cnncn1.Cn1ccc2ccccc21.Cn1ccnn1.Cn1cnc2ccccc21.Cn1cnnn1.Cn1ncc2ccccc21.Cn1ncnn1. The smallest absolute Gasteiger partial charge is 0.267 e. The Bertz CT molecular complexity index is 3720. The molecule has 448 valence electrons. The number of aromatic nitrogens is 21. The monoisotopic (exact) mass is 1170 g/mol. The molecule has 2 aliphatic rings. The van der Waals surface area contributed by atoms with E-state index in [0.29, 0.717) is 6.42 Å². The van der Waals surface area contributed by atoms with Crippen LogP contribution in [0.15, 0.2) is 212 Å². The second kappa shape index (κ2) is 36.8. The van der Waals surface area contributed by atoms with Crippen LogP contribution in [0.1, 0.15) is 23.2 Å². The molecule has 0 unspecified atom stereocenters. The summed E-state index contributed by atoms with van der Waals surface area (Å²) >= 11 is 0. The number of benzene rings is 4. The van der Waals surface area contributed by atoms with Crippen LogP contribution in [0.3, 0.4) is 0 Å². The second-order valence-electron chi connectivity index (χ2n) is 18.3. The summed E-state index contributed by atoms with van der Waals surface area (Å²) in [5.41, 5.74) is 9.16. The van der Waals surface area contributed by atoms with Crippen molar-refractivity contribution in [1.82, 2.24) is 114 Å². The first kappa shape index (κ1) is 66.2. The molecule has 9 aromatic heterocycles. The number of hydrogen-bond donors (Lipinski definition) is 0. The molecular weight excluding hydrogens is 1100 g/mol. The molecule has 0 fully saturated rings. The molecule has 15 rings (SSSR count). The van der Waals surface area contributed by atoms with Gasteiger partial charge >= 0.3 is 0 Å². The molecule has 0 saturated carbocycles. The number of nitrogens with zero attached hydrogens (tertiary/aromatic N) is 26. The molecule has 0 atom stereocenters. The van der Waals surface area contributed by atoms with E-state index in [4.69, 9.17) is 0 Å². The van der Waals surface area contributed by atoms with E-state index in [-0.39, 0.29) is 18.4 Å². The molecule has 0 saturated heterocycles. The molecular formula is C59H70N26O2. The Hall–Kier alpha value is -11.6. The van der Waals surface area contributed by atoms with Crippen molar-refractivity contribution in [2.45, 2.75) is 27.2 Å². The van der Waals surface area contributed by atoms with Crippen molar-refractivity contribution in [3.8, 4) is 0 Å². The van der Waals surface area contributed by atoms with Crippen LogP contribution in [0.2, 0.25) is 0 Å². The van der Waals surface area contributed by atoms with E-state index in [1.807, 2.05) is 124 Å². The summed E-state index contributed by atoms with van der Waals surface area (Å²) in [6.07, 6.45) is 22.7. The summed E-state index contributed by atoms with van der Waals surface area (Å²) in [4.78, 5) is 38.2. The van der Waals surface area contributed by atoms with E-state index in [9.17, 15) is 9.59 Å². The number of tetrazole rings is 2. The van der Waals surface area contributed by atoms with Gasteiger partial charge in [-0.25, -0.2) is 24.7 Å². The molecule has 0 N–H and O–H groups in total. The van der Waals surface area contributed by atoms with Crippen molar-refractivity contribution in [3.05, 3.63) is 213 Å². The van der Waals surface area contributed by atoms with Crippen LogP contribution >= 0.6 is 0 Å². The number of fused-ring (bicyclic) bond motifs is 4. The van der Waals surface area contributed by atoms with Crippen molar-refractivity contribution >= 4 is 61.8 Å². The highest BCUT2D eigenvalue weighted by molar-refractivity contribution is 5.93. The van der Waals surface area contributed by atoms with E-state index < -0.39 is 0 Å². The normalized spacial score (nSPS) is 11.2. The van der Waals surface area contributed by atoms with Gasteiger partial charge in [-0.2, -0.15) is 25.2 Å². The van der Waals surface area contributed by atoms with Gasteiger partial charge in [-0.05, 0) is 108 Å². The van der Waals surface area contributed by atoms with Crippen molar-refractivity contribution in [1.29, 1.82) is 0 Å². The number of aryl methyl sites for hydroxylation is 9. The molecule has 28 heteroatoms. The Balaban J connectivity index is 0.000000176. The van der Waals surface area contributed by atoms with Crippen LogP contribution in [0.25, 0.3) is 43.7 Å². The van der Waals surface area contributed by atoms with Crippen molar-refractivity contribution in [2.24, 2.45) is 57.7 Å². The second-order valence-corrected chi connectivity index (χ2v) is 18.3. The predicted molar refractivity (Wildman–Crippen MR) is 331 cm³/mol. The topological polar surface area (TPSA) is 301 Å². The van der Waals surface area contributed by atoms with E-state index in [2.05, 4.69) is 177 Å². The number of carbonyl (C=O) groups excluding carboxylic acids is 2. The third-order valence-corrected chi connectivity index (χ3v) is 11.4. The summed E-state index contributed by atoms with van der Waals surface area (Å²) in [6, 6.07) is 40.9. The van der Waals surface area contributed by atoms with Gasteiger partial charge in [-0.1, -0.05) is 77.2 Å². The van der Waals surface area contributed by atoms with Crippen molar-refractivity contribution in [2.75, 3.05) is 20.6 Å². The van der Waals surface area contributed by atoms with Crippen LogP contribution in [0, 0.1) is 20.8 Å². The third-order valence-electron chi connectivity index (χ3n) is 11.4. The number of likely N-dealkylation sites (N-methyl/N-ethyl adjacent to an activating group) is 1. The quantitative estimate of drug-likeness (QED) is 0.143. The number of hydrazone groups is 1. The number of carbonyl (C=O) groups is 2. The molecule has 0 radical (unpaired) electrons. The largest absolute Gasteiger partial charge is 0.351 e. The lowest BCUT2D eigenvalue weighted by Gasteiger charge is -1.98. The van der Waals surface area contributed by atoms with Crippen LogP contribution in [0.5, 0.6) is 0 Å². The Morgan fingerprint density at radius 3 is 1.60 bits per heavy atom. The molecule has 87 heavy (non-hydrogen) atoms. The summed E-state index contributed by atoms with van der Waals surface area (Å²) in [5, 5.41) is 55.8. The van der Waals surface area contributed by atoms with Crippen LogP contribution in [-0.2, 0) is 51.9 Å². The lowest BCUT2D eigenvalue weighted by Crippen LogP contribution is -2.16. The number of imidazole rings is 1. The average molecular weight is 1180 g/mol. The minimum absolute atomic E-state index is 0.0417. The van der Waals surface area contributed by atoms with Crippen molar-refractivity contribution in [3.63, 3.8) is 0 Å². The van der Waals surface area contributed by atoms with Gasteiger partial charge in [0.25, 0.3) is 5.91 Å². The van der Waals surface area contributed by atoms with Gasteiger partial charge in [0.1, 0.15) is 19.2 Å². The highest BCUT2D eigenvalue weighted by Crippen LogP contribution is 2.14. The highest BCUT2D eigenvalue weighted by atomic mass is 16.2. The maximum absolute atomic E-state index is 10.4. The Morgan fingerprint density at radius 1 is 0.471 bits per heavy atom. The van der Waals surface area contributed by atoms with Gasteiger partial charge in [0.05, 0.1) is 66.1 Å². The predicted octanol–water partition coefficient (Wildman–Crippen LogP) is 7.33. The standard InChI is InChI=1S/C10H9N.C9H9N.2C8H8N2.C6H7N.C4H5N3.C4H6N2O.C3H5N3O.C3H5N3.2C2H4N4/c1-8-6-9-4-2-3-5-10(9)11-7-8;1-10-7-6-8-4-2-3-5-9(8)10;1-10-6-9-7-4-2-3-5-8(7)10;1-10-8-5-3-2-4-7(8)6-9-10;1-6-2-4-7-5-3-6;1-4-2-6-7-3-5-4;1-6-4(7)2-3-5-6;1-6-3(7)2-4-5-6;1-6-3-2-4-5-6;1-6-2-3-4-5-6;1-6-4-2-3-5-6/h2-7H,1H3;2-7H,1H3;2*2-6H,1H3;2-5H,1H3;2-3H,1H3;3H,2H2,1H3;2H2,1H3;2-3H,1H3;2*2H,1H3. The zero-order valence-electron chi connectivity index (χ0n) is 50.4. The summed E-state index contributed by atoms with van der Waals surface area (Å²) < 4.78 is 9.17. The maximum atomic E-state index is 10.4. The fourth-order valence-electron chi connectivity index (χ4n) is 6.78. The average Bonchev–Trinajstić information content (AvgIpc) is 3.60. The Labute approximate surface area is 502 Å². The minimum atomic E-state index is -0.0417. The van der Waals surface area contributed by atoms with E-state index in [1.54, 1.807) is 70.1 Å². The number of rotatable bonds is 0. The van der Waals surface area contributed by atoms with Gasteiger partial charge in [-0.15, -0.1) is 25.5 Å². The van der Waals surface area contributed by atoms with Gasteiger partial charge in [-0.3, -0.25) is 28.9 Å². The molecule has 0 spiro atoms. The molecule has 2 aliphatic heterocycles. The van der Waals surface area contributed by atoms with Crippen LogP contribution in [-0.4, -0.2) is 153 Å². The summed E-state index contributed by atoms with van der Waals surface area (Å²) in [6.45, 7) is 6.19. The summed E-state index contributed by atoms with van der Waals surface area (Å²) in [5.74, 6) is 0.0278. The van der Waals surface area contributed by atoms with Gasteiger partial charge in [0.15, 0.2) is 6.33 Å². The number of hydrogen-bond acceptors (Lipinski definition) is 20. The van der Waals surface area contributed by atoms with E-state index in [0.717, 1.165) is 16.7 Å². The minimum Gasteiger partial charge on any atom is -0.351 e. The Morgan fingerprint density at radius 2 is 1.16 bits per heavy atom. The molecule has 0 bridgehead atoms. The van der Waals surface area contributed by atoms with Gasteiger partial charge in [0.2, 0.25) is 5.91 Å². The lowest BCUT2D eigenvalue weighted by molar-refractivity contribution is -0.127. The molecule has 2 amide bonds. The number of para-hydroxylation sites is 5. The van der Waals surface area contributed by atoms with E-state index in [1.165, 1.54) is 82.3 Å². The number of amides is 2. The fraction of sp³-hybridized carbons (Fsp3) is 0.220. The fourth-order valence-corrected chi connectivity index (χ4v) is 6.78. The molecule has 0 aliphatic carbocycles. The Kier molecular flexibility index (Phi) is 28.0. The third kappa shape index (κ3) is 24.8. The molecule has 13 aromatic rings. The lowest BCUT2D eigenvalue weighted by atomic mass is 10.2. The van der Waals surface area contributed by atoms with Gasteiger partial charge < -0.3 is 9.13 Å². The first-order valence-electron chi connectivity index (χ1n) is 26.6. The van der Waals surface area contributed by atoms with Gasteiger partial charge in [0, 0.05) is 103 Å². The van der Waals surface area contributed by atoms with Crippen molar-refractivity contribution < 1.29 is 9.59 Å². The molecule has 11 heterocycles. The van der Waals surface area contributed by atoms with Crippen LogP contribution < -0.4 is 0 Å². The zero-order valence-corrected chi connectivity index (χ0v) is 50.4. The first-order valence-corrected chi connectivity index (χ1v) is 26.6. The van der Waals surface area contributed by atoms with E-state index >= 15 is 0 Å².